The van der Waals surface area contributed by atoms with Crippen molar-refractivity contribution in [1.29, 1.82) is 0 Å². The third kappa shape index (κ3) is 3.34. The van der Waals surface area contributed by atoms with E-state index in [0.717, 1.165) is 30.2 Å². The number of aromatic nitrogens is 2. The van der Waals surface area contributed by atoms with Crippen LogP contribution in [0, 0.1) is 0 Å². The molecule has 0 saturated heterocycles. The van der Waals surface area contributed by atoms with Crippen LogP contribution in [0.4, 0.5) is 0 Å². The molecule has 0 aliphatic rings. The Balaban J connectivity index is 1.68. The number of rotatable bonds is 6. The fourth-order valence-corrected chi connectivity index (χ4v) is 2.61. The Morgan fingerprint density at radius 3 is 2.94 bits per heavy atom. The lowest BCUT2D eigenvalue weighted by Crippen LogP contribution is -2.16. The molecule has 2 aromatic rings. The highest BCUT2D eigenvalue weighted by molar-refractivity contribution is 7.09. The first-order valence-electron chi connectivity index (χ1n) is 5.11. The second kappa shape index (κ2) is 6.05. The van der Waals surface area contributed by atoms with Gasteiger partial charge in [0.2, 0.25) is 0 Å². The van der Waals surface area contributed by atoms with Crippen LogP contribution in [0.15, 0.2) is 17.0 Å². The third-order valence-corrected chi connectivity index (χ3v) is 3.84. The molecule has 0 aliphatic carbocycles. The van der Waals surface area contributed by atoms with Crippen LogP contribution in [0.1, 0.15) is 15.7 Å². The number of nitrogens with two attached hydrogens (primary N) is 1. The van der Waals surface area contributed by atoms with Crippen LogP contribution in [-0.4, -0.2) is 16.5 Å². The van der Waals surface area contributed by atoms with Crippen molar-refractivity contribution >= 4 is 22.7 Å². The molecule has 0 spiro atoms. The van der Waals surface area contributed by atoms with Gasteiger partial charge >= 0.3 is 0 Å². The molecule has 0 saturated carbocycles. The van der Waals surface area contributed by atoms with E-state index in [1.165, 1.54) is 5.01 Å². The molecule has 0 radical (unpaired) electrons. The summed E-state index contributed by atoms with van der Waals surface area (Å²) >= 11 is 3.31. The second-order valence-corrected chi connectivity index (χ2v) is 5.21. The molecule has 3 N–H and O–H groups in total. The second-order valence-electron chi connectivity index (χ2n) is 3.29. The average molecular weight is 254 g/mol. The Morgan fingerprint density at radius 2 is 2.25 bits per heavy atom. The molecular formula is C10H14N4S2. The minimum absolute atomic E-state index is 0.532. The Morgan fingerprint density at radius 1 is 1.31 bits per heavy atom. The van der Waals surface area contributed by atoms with E-state index >= 15 is 0 Å². The van der Waals surface area contributed by atoms with E-state index in [9.17, 15) is 0 Å². The predicted molar refractivity (Wildman–Crippen MR) is 67.5 cm³/mol. The molecule has 2 rings (SSSR count). The van der Waals surface area contributed by atoms with Gasteiger partial charge in [0, 0.05) is 43.0 Å². The van der Waals surface area contributed by atoms with Gasteiger partial charge in [-0.15, -0.1) is 22.7 Å². The maximum absolute atomic E-state index is 5.50. The van der Waals surface area contributed by atoms with E-state index in [1.54, 1.807) is 22.7 Å². The molecular weight excluding hydrogens is 240 g/mol. The molecule has 0 amide bonds. The van der Waals surface area contributed by atoms with Crippen molar-refractivity contribution in [3.63, 3.8) is 0 Å². The lowest BCUT2D eigenvalue weighted by molar-refractivity contribution is 0.674. The first-order valence-corrected chi connectivity index (χ1v) is 6.87. The number of hydrogen-bond acceptors (Lipinski definition) is 6. The van der Waals surface area contributed by atoms with E-state index in [0.29, 0.717) is 6.54 Å². The van der Waals surface area contributed by atoms with E-state index in [-0.39, 0.29) is 0 Å². The molecule has 0 bridgehead atoms. The van der Waals surface area contributed by atoms with Crippen molar-refractivity contribution in [1.82, 2.24) is 15.3 Å². The summed E-state index contributed by atoms with van der Waals surface area (Å²) in [5.41, 5.74) is 6.58. The van der Waals surface area contributed by atoms with Gasteiger partial charge in [-0.1, -0.05) is 0 Å². The van der Waals surface area contributed by atoms with Gasteiger partial charge in [0.25, 0.3) is 0 Å². The summed E-state index contributed by atoms with van der Waals surface area (Å²) in [4.78, 5) is 8.61. The smallest absolute Gasteiger partial charge is 0.106 e. The largest absolute Gasteiger partial charge is 0.325 e. The minimum atomic E-state index is 0.532. The normalized spacial score (nSPS) is 10.8. The molecule has 0 atom stereocenters. The van der Waals surface area contributed by atoms with Crippen molar-refractivity contribution in [2.45, 2.75) is 19.5 Å². The van der Waals surface area contributed by atoms with Crippen LogP contribution in [0.3, 0.4) is 0 Å². The van der Waals surface area contributed by atoms with E-state index in [4.69, 9.17) is 5.73 Å². The Kier molecular flexibility index (Phi) is 4.41. The third-order valence-electron chi connectivity index (χ3n) is 2.08. The SMILES string of the molecule is NCc1nc(CNCCc2nccs2)cs1. The number of thiazole rings is 2. The zero-order chi connectivity index (χ0) is 11.2. The summed E-state index contributed by atoms with van der Waals surface area (Å²) in [5.74, 6) is 0. The molecule has 0 aliphatic heterocycles. The predicted octanol–water partition coefficient (Wildman–Crippen LogP) is 1.39. The molecule has 16 heavy (non-hydrogen) atoms. The zero-order valence-electron chi connectivity index (χ0n) is 8.85. The summed E-state index contributed by atoms with van der Waals surface area (Å²) in [5, 5.41) is 9.58. The van der Waals surface area contributed by atoms with Crippen LogP contribution in [0.25, 0.3) is 0 Å². The van der Waals surface area contributed by atoms with Crippen molar-refractivity contribution in [2.75, 3.05) is 6.54 Å². The highest BCUT2D eigenvalue weighted by Crippen LogP contribution is 2.08. The van der Waals surface area contributed by atoms with Crippen LogP contribution in [-0.2, 0) is 19.5 Å². The number of nitrogens with zero attached hydrogens (tertiary/aromatic N) is 2. The van der Waals surface area contributed by atoms with E-state index in [2.05, 4.69) is 20.7 Å². The van der Waals surface area contributed by atoms with Crippen molar-refractivity contribution in [2.24, 2.45) is 5.73 Å². The molecule has 4 nitrogen and oxygen atoms in total. The van der Waals surface area contributed by atoms with Gasteiger partial charge in [0.1, 0.15) is 5.01 Å². The molecule has 86 valence electrons. The van der Waals surface area contributed by atoms with E-state index < -0.39 is 0 Å². The summed E-state index contributed by atoms with van der Waals surface area (Å²) in [6.07, 6.45) is 2.82. The Labute approximate surface area is 103 Å². The fraction of sp³-hybridized carbons (Fsp3) is 0.400. The molecule has 2 aromatic heterocycles. The standard InChI is InChI=1S/C10H14N4S2/c11-5-10-14-8(7-16-10)6-12-2-1-9-13-3-4-15-9/h3-4,7,12H,1-2,5-6,11H2. The fourth-order valence-electron chi connectivity index (χ4n) is 1.31. The molecule has 0 fully saturated rings. The molecule has 6 heteroatoms. The van der Waals surface area contributed by atoms with Crippen molar-refractivity contribution in [3.8, 4) is 0 Å². The summed E-state index contributed by atoms with van der Waals surface area (Å²) in [6, 6.07) is 0. The van der Waals surface area contributed by atoms with Gasteiger partial charge in [0.05, 0.1) is 10.7 Å². The lowest BCUT2D eigenvalue weighted by atomic mass is 10.4. The van der Waals surface area contributed by atoms with Gasteiger partial charge in [-0.05, 0) is 0 Å². The highest BCUT2D eigenvalue weighted by atomic mass is 32.1. The van der Waals surface area contributed by atoms with E-state index in [1.807, 2.05) is 11.6 Å². The number of hydrogen-bond donors (Lipinski definition) is 2. The van der Waals surface area contributed by atoms with Gasteiger partial charge in [-0.2, -0.15) is 0 Å². The molecule has 0 aromatic carbocycles. The molecule has 0 unspecified atom stereocenters. The molecule has 2 heterocycles. The Bertz CT molecular complexity index is 410. The Hall–Kier alpha value is -0.820. The van der Waals surface area contributed by atoms with Gasteiger partial charge < -0.3 is 11.1 Å². The quantitative estimate of drug-likeness (QED) is 0.765. The van der Waals surface area contributed by atoms with Crippen LogP contribution in [0.2, 0.25) is 0 Å². The van der Waals surface area contributed by atoms with Crippen molar-refractivity contribution in [3.05, 3.63) is 32.7 Å². The highest BCUT2D eigenvalue weighted by Gasteiger charge is 2.00. The summed E-state index contributed by atoms with van der Waals surface area (Å²) in [7, 11) is 0. The topological polar surface area (TPSA) is 63.8 Å². The monoisotopic (exact) mass is 254 g/mol. The van der Waals surface area contributed by atoms with Crippen molar-refractivity contribution < 1.29 is 0 Å². The maximum Gasteiger partial charge on any atom is 0.106 e. The lowest BCUT2D eigenvalue weighted by Gasteiger charge is -2.00. The van der Waals surface area contributed by atoms with Crippen LogP contribution < -0.4 is 11.1 Å². The van der Waals surface area contributed by atoms with Crippen LogP contribution in [0.5, 0.6) is 0 Å². The van der Waals surface area contributed by atoms with Gasteiger partial charge in [-0.25, -0.2) is 9.97 Å². The van der Waals surface area contributed by atoms with Gasteiger partial charge in [-0.3, -0.25) is 0 Å². The number of nitrogens with one attached hydrogen (secondary N) is 1. The summed E-state index contributed by atoms with van der Waals surface area (Å²) in [6.45, 7) is 2.27. The first kappa shape index (κ1) is 11.7. The average Bonchev–Trinajstić information content (AvgIpc) is 2.95. The van der Waals surface area contributed by atoms with Crippen LogP contribution >= 0.6 is 22.7 Å². The first-order chi connectivity index (χ1) is 7.88. The minimum Gasteiger partial charge on any atom is -0.325 e. The summed E-state index contributed by atoms with van der Waals surface area (Å²) < 4.78 is 0. The zero-order valence-corrected chi connectivity index (χ0v) is 10.5. The van der Waals surface area contributed by atoms with Gasteiger partial charge in [0.15, 0.2) is 0 Å². The maximum atomic E-state index is 5.50.